The van der Waals surface area contributed by atoms with Gasteiger partial charge in [0.15, 0.2) is 0 Å². The number of hydrogen-bond acceptors (Lipinski definition) is 19. The zero-order valence-electron chi connectivity index (χ0n) is 12.1. The molecule has 0 rings (SSSR count). The van der Waals surface area contributed by atoms with Gasteiger partial charge in [-0.2, -0.15) is 0 Å². The second-order valence-corrected chi connectivity index (χ2v) is 2.92. The van der Waals surface area contributed by atoms with Gasteiger partial charge >= 0.3 is 52.4 Å². The molecule has 29 heteroatoms. The maximum absolute atomic E-state index is 8.25. The summed E-state index contributed by atoms with van der Waals surface area (Å²) in [6, 6.07) is 0. The second kappa shape index (κ2) is 56.2. The van der Waals surface area contributed by atoms with Gasteiger partial charge in [0.25, 0.3) is 0 Å². The Balaban J connectivity index is -0.0000000228. The van der Waals surface area contributed by atoms with Crippen LogP contribution in [0.3, 0.4) is 0 Å². The van der Waals surface area contributed by atoms with Crippen molar-refractivity contribution in [1.29, 1.82) is 0 Å². The molecular weight excluding hydrogens is 966 g/mol. The number of nitrogens with zero attached hydrogens (tertiary/aromatic N) is 6. The Hall–Kier alpha value is -2.11. The van der Waals surface area contributed by atoms with E-state index in [0.717, 1.165) is 0 Å². The van der Waals surface area contributed by atoms with Crippen molar-refractivity contribution < 1.29 is 33.4 Å². The molecule has 0 aromatic carbocycles. The average molecular weight is 966 g/mol. The third-order valence-electron chi connectivity index (χ3n) is 0. The van der Waals surface area contributed by atoms with E-state index in [1.807, 2.05) is 0 Å². The van der Waals surface area contributed by atoms with Crippen molar-refractivity contribution in [3.8, 4) is 0 Å². The molecule has 0 N–H and O–H groups in total. The maximum Gasteiger partial charge on any atom is 3.00 e. The average Bonchev–Trinajstić information content (AvgIpc) is 2.22. The summed E-state index contributed by atoms with van der Waals surface area (Å²) in [5.74, 6) is 0. The fourth-order valence-electron chi connectivity index (χ4n) is 0. The van der Waals surface area contributed by atoms with Crippen LogP contribution in [-0.4, -0.2) is 82.9 Å². The van der Waals surface area contributed by atoms with Gasteiger partial charge in [-0.1, -0.05) is 0 Å². The van der Waals surface area contributed by atoms with Crippen LogP contribution in [-0.2, 0) is 2.92 Å². The number of halogens is 2. The van der Waals surface area contributed by atoms with E-state index >= 15 is 0 Å². The largest absolute Gasteiger partial charge is 3.00 e. The van der Waals surface area contributed by atoms with E-state index in [4.69, 9.17) is 91.9 Å². The quantitative estimate of drug-likeness (QED) is 0.167. The van der Waals surface area contributed by atoms with Gasteiger partial charge in [-0.05, 0) is 0 Å². The Morgan fingerprint density at radius 3 is 0.379 bits per heavy atom. The minimum absolute atomic E-state index is 0. The molecule has 0 spiro atoms. The van der Waals surface area contributed by atoms with Crippen molar-refractivity contribution in [2.75, 3.05) is 0 Å². The molecule has 4 radical (unpaired) electrons. The van der Waals surface area contributed by atoms with Crippen LogP contribution >= 0.6 is 32.5 Å². The minimum atomic E-state index is -1.75. The van der Waals surface area contributed by atoms with Crippen LogP contribution in [0.5, 0.6) is 0 Å². The van der Waals surface area contributed by atoms with E-state index in [1.165, 1.54) is 0 Å². The summed E-state index contributed by atoms with van der Waals surface area (Å²) in [6.07, 6.45) is 0. The molecule has 25 nitrogen and oxygen atoms in total. The van der Waals surface area contributed by atoms with Gasteiger partial charge < -0.3 is 91.9 Å². The van der Waals surface area contributed by atoms with Crippen LogP contribution < -0.4 is 0 Å². The summed E-state index contributed by atoms with van der Waals surface area (Å²) < 4.78 is 3.88. The monoisotopic (exact) mass is 964 g/mol. The van der Waals surface area contributed by atoms with Crippen molar-refractivity contribution in [2.45, 2.75) is 0 Å². The zero-order chi connectivity index (χ0) is 24.2. The Kier molecular flexibility index (Phi) is 109. The van der Waals surface area contributed by atoms with Gasteiger partial charge in [-0.3, -0.25) is 0 Å². The van der Waals surface area contributed by atoms with Crippen LogP contribution in [0, 0.1) is 91.9 Å². The van der Waals surface area contributed by atoms with Gasteiger partial charge in [0.1, 0.15) is 32.5 Å². The molecule has 0 atom stereocenters. The van der Waals surface area contributed by atoms with Crippen molar-refractivity contribution >= 4 is 84.9 Å². The standard InChI is InChI=1S/2Bi.Br2O.6NO3/c;;1-3-2;6*2-1(3)4/q2*+3;;6*-1. The Morgan fingerprint density at radius 2 is 0.379 bits per heavy atom. The van der Waals surface area contributed by atoms with Crippen molar-refractivity contribution in [2.24, 2.45) is 0 Å². The third kappa shape index (κ3) is 3310. The first-order valence-corrected chi connectivity index (χ1v) is 4.89. The third-order valence-corrected chi connectivity index (χ3v) is 0. The predicted molar refractivity (Wildman–Crippen MR) is 92.6 cm³/mol. The van der Waals surface area contributed by atoms with E-state index in [9.17, 15) is 0 Å². The zero-order valence-corrected chi connectivity index (χ0v) is 22.2. The maximum atomic E-state index is 8.25. The van der Waals surface area contributed by atoms with Crippen molar-refractivity contribution in [1.82, 2.24) is 0 Å². The topological polar surface area (TPSA) is 406 Å². The van der Waals surface area contributed by atoms with Crippen molar-refractivity contribution in [3.05, 3.63) is 91.9 Å². The summed E-state index contributed by atoms with van der Waals surface area (Å²) in [6.45, 7) is 0. The Bertz CT molecular complexity index is 285. The Morgan fingerprint density at radius 1 is 0.379 bits per heavy atom. The molecule has 0 amide bonds. The molecule has 0 aliphatic carbocycles. The van der Waals surface area contributed by atoms with Crippen LogP contribution in [0.2, 0.25) is 0 Å². The SMILES string of the molecule is BrOBr.O=[N+]([O-])[O-].O=[N+]([O-])[O-].O=[N+]([O-])[O-].O=[N+]([O-])[O-].O=[N+]([O-])[O-].O=[N+]([O-])[O-].[Bi+3].[Bi+3]. The first-order valence-electron chi connectivity index (χ1n) is 3.59. The molecule has 0 saturated heterocycles. The summed E-state index contributed by atoms with van der Waals surface area (Å²) >= 11 is 5.12. The van der Waals surface area contributed by atoms with Crippen LogP contribution in [0.4, 0.5) is 0 Å². The number of rotatable bonds is 0. The van der Waals surface area contributed by atoms with Crippen LogP contribution in [0.1, 0.15) is 0 Å². The summed E-state index contributed by atoms with van der Waals surface area (Å²) in [7, 11) is 0. The van der Waals surface area contributed by atoms with E-state index in [1.54, 1.807) is 0 Å². The van der Waals surface area contributed by atoms with Gasteiger partial charge in [-0.15, -0.1) is 0 Å². The first kappa shape index (κ1) is 56.3. The molecule has 0 heterocycles. The summed E-state index contributed by atoms with van der Waals surface area (Å²) in [5, 5.41) is 88.5. The van der Waals surface area contributed by atoms with Crippen LogP contribution in [0.15, 0.2) is 0 Å². The van der Waals surface area contributed by atoms with E-state index in [2.05, 4.69) is 35.4 Å². The molecule has 0 unspecified atom stereocenters. The molecule has 29 heavy (non-hydrogen) atoms. The molecule has 0 aromatic heterocycles. The fraction of sp³-hybridized carbons (Fsp3) is 0. The van der Waals surface area contributed by atoms with E-state index in [-0.39, 0.29) is 52.4 Å². The molecular formula is Bi2Br2N6O19. The van der Waals surface area contributed by atoms with Crippen LogP contribution in [0.25, 0.3) is 0 Å². The van der Waals surface area contributed by atoms with Gasteiger partial charge in [0, 0.05) is 0 Å². The molecule has 0 aromatic rings. The normalized spacial score (nSPS) is 5.59. The minimum Gasteiger partial charge on any atom is -0.356 e. The van der Waals surface area contributed by atoms with E-state index in [0.29, 0.717) is 0 Å². The van der Waals surface area contributed by atoms with Gasteiger partial charge in [0.05, 0.1) is 30.5 Å². The van der Waals surface area contributed by atoms with Gasteiger partial charge in [0.2, 0.25) is 0 Å². The predicted octanol–water partition coefficient (Wildman–Crippen LogP) is -0.573. The summed E-state index contributed by atoms with van der Waals surface area (Å²) in [5.41, 5.74) is 0. The second-order valence-electron chi connectivity index (χ2n) is 1.40. The molecule has 0 saturated carbocycles. The summed E-state index contributed by atoms with van der Waals surface area (Å²) in [4.78, 5) is 49.5. The first-order chi connectivity index (χ1) is 11.8. The van der Waals surface area contributed by atoms with Gasteiger partial charge in [-0.25, -0.2) is 2.92 Å². The molecule has 0 fully saturated rings. The molecule has 168 valence electrons. The Labute approximate surface area is 209 Å². The van der Waals surface area contributed by atoms with E-state index < -0.39 is 30.5 Å². The smallest absolute Gasteiger partial charge is 0.356 e. The molecule has 0 aliphatic heterocycles. The number of hydrogen-bond donors (Lipinski definition) is 0. The fourth-order valence-corrected chi connectivity index (χ4v) is 0. The molecule has 0 bridgehead atoms. The molecule has 0 aliphatic rings. The van der Waals surface area contributed by atoms with Crippen molar-refractivity contribution in [3.63, 3.8) is 0 Å².